The Labute approximate surface area is 148 Å². The van der Waals surface area contributed by atoms with Crippen molar-refractivity contribution < 1.29 is 23.5 Å². The van der Waals surface area contributed by atoms with Gasteiger partial charge in [-0.3, -0.25) is 14.5 Å². The van der Waals surface area contributed by atoms with Crippen molar-refractivity contribution in [3.05, 3.63) is 64.0 Å². The quantitative estimate of drug-likeness (QED) is 0.614. The molecule has 2 aromatic rings. The van der Waals surface area contributed by atoms with Gasteiger partial charge in [0.15, 0.2) is 0 Å². The average Bonchev–Trinajstić information content (AvgIpc) is 3.15. The highest BCUT2D eigenvalue weighted by Gasteiger charge is 2.35. The van der Waals surface area contributed by atoms with Gasteiger partial charge in [-0.2, -0.15) is 0 Å². The zero-order valence-electron chi connectivity index (χ0n) is 13.6. The lowest BCUT2D eigenvalue weighted by Gasteiger charge is -2.09. The van der Waals surface area contributed by atoms with Crippen LogP contribution in [0.5, 0.6) is 0 Å². The number of methoxy groups -OCH3 is 1. The molecule has 2 amide bonds. The Hall–Kier alpha value is -2.80. The highest BCUT2D eigenvalue weighted by Crippen LogP contribution is 2.33. The molecule has 3 rings (SSSR count). The SMILES string of the molecule is COC(=O)c1ccc(CN2C(=O)SC(=Cc3cccc(C)c3)C2=O)o1. The predicted molar refractivity (Wildman–Crippen MR) is 92.7 cm³/mol. The first kappa shape index (κ1) is 17.0. The minimum absolute atomic E-state index is 0.0276. The number of benzene rings is 1. The molecule has 2 heterocycles. The van der Waals surface area contributed by atoms with Gasteiger partial charge in [0.2, 0.25) is 5.76 Å². The van der Waals surface area contributed by atoms with Crippen molar-refractivity contribution in [3.63, 3.8) is 0 Å². The molecule has 1 aromatic carbocycles. The van der Waals surface area contributed by atoms with Crippen LogP contribution in [-0.4, -0.2) is 29.1 Å². The van der Waals surface area contributed by atoms with E-state index >= 15 is 0 Å². The average molecular weight is 357 g/mol. The van der Waals surface area contributed by atoms with Gasteiger partial charge in [0, 0.05) is 0 Å². The van der Waals surface area contributed by atoms with E-state index in [0.29, 0.717) is 10.7 Å². The Bertz CT molecular complexity index is 883. The molecular weight excluding hydrogens is 342 g/mol. The molecule has 1 fully saturated rings. The van der Waals surface area contributed by atoms with E-state index in [-0.39, 0.29) is 23.5 Å². The molecule has 0 spiro atoms. The number of esters is 1. The summed E-state index contributed by atoms with van der Waals surface area (Å²) in [5.74, 6) is -0.633. The Morgan fingerprint density at radius 3 is 2.80 bits per heavy atom. The molecule has 1 aliphatic heterocycles. The van der Waals surface area contributed by atoms with E-state index in [1.54, 1.807) is 12.1 Å². The summed E-state index contributed by atoms with van der Waals surface area (Å²) in [7, 11) is 1.25. The largest absolute Gasteiger partial charge is 0.463 e. The molecule has 6 nitrogen and oxygen atoms in total. The maximum absolute atomic E-state index is 12.5. The Morgan fingerprint density at radius 2 is 2.08 bits per heavy atom. The number of imide groups is 1. The molecule has 128 valence electrons. The van der Waals surface area contributed by atoms with Crippen molar-refractivity contribution >= 4 is 35.0 Å². The van der Waals surface area contributed by atoms with Gasteiger partial charge in [-0.15, -0.1) is 0 Å². The second kappa shape index (κ2) is 6.98. The van der Waals surface area contributed by atoms with E-state index in [9.17, 15) is 14.4 Å². The van der Waals surface area contributed by atoms with Crippen molar-refractivity contribution in [2.24, 2.45) is 0 Å². The van der Waals surface area contributed by atoms with Gasteiger partial charge in [0.05, 0.1) is 18.6 Å². The lowest BCUT2D eigenvalue weighted by molar-refractivity contribution is -0.123. The summed E-state index contributed by atoms with van der Waals surface area (Å²) in [6.07, 6.45) is 1.69. The fourth-order valence-corrected chi connectivity index (χ4v) is 3.21. The number of furan rings is 1. The number of amides is 2. The fourth-order valence-electron chi connectivity index (χ4n) is 2.38. The molecule has 0 saturated carbocycles. The lowest BCUT2D eigenvalue weighted by Crippen LogP contribution is -2.27. The van der Waals surface area contributed by atoms with Crippen LogP contribution in [0, 0.1) is 6.92 Å². The molecule has 1 aromatic heterocycles. The van der Waals surface area contributed by atoms with Crippen LogP contribution in [0.25, 0.3) is 6.08 Å². The van der Waals surface area contributed by atoms with E-state index in [1.807, 2.05) is 31.2 Å². The number of carbonyl (C=O) groups excluding carboxylic acids is 3. The number of nitrogens with zero attached hydrogens (tertiary/aromatic N) is 1. The number of aryl methyl sites for hydroxylation is 1. The van der Waals surface area contributed by atoms with Gasteiger partial charge in [0.25, 0.3) is 11.1 Å². The molecule has 1 aliphatic rings. The van der Waals surface area contributed by atoms with E-state index in [2.05, 4.69) is 4.74 Å². The predicted octanol–water partition coefficient (Wildman–Crippen LogP) is 3.61. The maximum atomic E-state index is 12.5. The van der Waals surface area contributed by atoms with E-state index in [1.165, 1.54) is 13.2 Å². The fraction of sp³-hybridized carbons (Fsp3) is 0.167. The summed E-state index contributed by atoms with van der Waals surface area (Å²) >= 11 is 0.885. The molecule has 0 aliphatic carbocycles. The van der Waals surface area contributed by atoms with Crippen LogP contribution in [0.3, 0.4) is 0 Å². The normalized spacial score (nSPS) is 15.9. The number of ether oxygens (including phenoxy) is 1. The lowest BCUT2D eigenvalue weighted by atomic mass is 10.1. The molecule has 0 bridgehead atoms. The van der Waals surface area contributed by atoms with Crippen molar-refractivity contribution in [1.82, 2.24) is 4.90 Å². The van der Waals surface area contributed by atoms with Crippen LogP contribution in [-0.2, 0) is 16.1 Å². The first-order valence-electron chi connectivity index (χ1n) is 7.47. The molecule has 25 heavy (non-hydrogen) atoms. The van der Waals surface area contributed by atoms with E-state index < -0.39 is 5.97 Å². The zero-order valence-corrected chi connectivity index (χ0v) is 14.5. The molecule has 0 atom stereocenters. The number of hydrogen-bond acceptors (Lipinski definition) is 6. The smallest absolute Gasteiger partial charge is 0.373 e. The van der Waals surface area contributed by atoms with Crippen LogP contribution in [0.15, 0.2) is 45.7 Å². The highest BCUT2D eigenvalue weighted by atomic mass is 32.2. The first-order valence-corrected chi connectivity index (χ1v) is 8.28. The third-order valence-corrected chi connectivity index (χ3v) is 4.48. The van der Waals surface area contributed by atoms with Gasteiger partial charge >= 0.3 is 5.97 Å². The van der Waals surface area contributed by atoms with Crippen molar-refractivity contribution in [2.75, 3.05) is 7.11 Å². The van der Waals surface area contributed by atoms with Crippen LogP contribution >= 0.6 is 11.8 Å². The number of thioether (sulfide) groups is 1. The van der Waals surface area contributed by atoms with Crippen molar-refractivity contribution in [1.29, 1.82) is 0 Å². The second-order valence-electron chi connectivity index (χ2n) is 5.44. The van der Waals surface area contributed by atoms with Gasteiger partial charge in [0.1, 0.15) is 5.76 Å². The van der Waals surface area contributed by atoms with E-state index in [4.69, 9.17) is 4.42 Å². The van der Waals surface area contributed by atoms with Crippen LogP contribution < -0.4 is 0 Å². The third kappa shape index (κ3) is 3.66. The molecule has 1 saturated heterocycles. The van der Waals surface area contributed by atoms with Crippen molar-refractivity contribution in [3.8, 4) is 0 Å². The Balaban J connectivity index is 1.77. The highest BCUT2D eigenvalue weighted by molar-refractivity contribution is 8.18. The molecule has 0 N–H and O–H groups in total. The molecule has 7 heteroatoms. The third-order valence-electron chi connectivity index (χ3n) is 3.58. The summed E-state index contributed by atoms with van der Waals surface area (Å²) < 4.78 is 9.88. The minimum Gasteiger partial charge on any atom is -0.463 e. The van der Waals surface area contributed by atoms with Crippen LogP contribution in [0.2, 0.25) is 0 Å². The van der Waals surface area contributed by atoms with Gasteiger partial charge < -0.3 is 9.15 Å². The summed E-state index contributed by atoms with van der Waals surface area (Å²) in [4.78, 5) is 37.5. The number of hydrogen-bond donors (Lipinski definition) is 0. The van der Waals surface area contributed by atoms with Gasteiger partial charge in [-0.1, -0.05) is 29.8 Å². The summed E-state index contributed by atoms with van der Waals surface area (Å²) in [5.41, 5.74) is 1.93. The molecule has 0 radical (unpaired) electrons. The monoisotopic (exact) mass is 357 g/mol. The van der Waals surface area contributed by atoms with Gasteiger partial charge in [-0.05, 0) is 42.5 Å². The summed E-state index contributed by atoms with van der Waals surface area (Å²) in [6.45, 7) is 1.92. The van der Waals surface area contributed by atoms with E-state index in [0.717, 1.165) is 27.8 Å². The molecular formula is C18H15NO5S. The Kier molecular flexibility index (Phi) is 4.76. The van der Waals surface area contributed by atoms with Crippen molar-refractivity contribution in [2.45, 2.75) is 13.5 Å². The second-order valence-corrected chi connectivity index (χ2v) is 6.43. The summed E-state index contributed by atoms with van der Waals surface area (Å²) in [5, 5.41) is -0.375. The Morgan fingerprint density at radius 1 is 1.28 bits per heavy atom. The zero-order chi connectivity index (χ0) is 18.0. The van der Waals surface area contributed by atoms with Crippen LogP contribution in [0.4, 0.5) is 4.79 Å². The summed E-state index contributed by atoms with van der Waals surface area (Å²) in [6, 6.07) is 10.6. The first-order chi connectivity index (χ1) is 12.0. The van der Waals surface area contributed by atoms with Gasteiger partial charge in [-0.25, -0.2) is 4.79 Å². The topological polar surface area (TPSA) is 76.8 Å². The number of rotatable bonds is 4. The molecule has 0 unspecified atom stereocenters. The van der Waals surface area contributed by atoms with Crippen LogP contribution in [0.1, 0.15) is 27.4 Å². The number of carbonyl (C=O) groups is 3. The maximum Gasteiger partial charge on any atom is 0.373 e. The standard InChI is InChI=1S/C18H15NO5S/c1-11-4-3-5-12(8-11)9-15-16(20)19(18(22)25-15)10-13-6-7-14(24-13)17(21)23-2/h3-9H,10H2,1-2H3. The minimum atomic E-state index is -0.611.